The van der Waals surface area contributed by atoms with Gasteiger partial charge in [-0.15, -0.1) is 0 Å². The second-order valence-electron chi connectivity index (χ2n) is 8.20. The Kier molecular flexibility index (Phi) is 5.85. The van der Waals surface area contributed by atoms with E-state index in [-0.39, 0.29) is 17.9 Å². The van der Waals surface area contributed by atoms with Crippen LogP contribution in [0.25, 0.3) is 0 Å². The first kappa shape index (κ1) is 19.2. The van der Waals surface area contributed by atoms with Crippen LogP contribution in [0.1, 0.15) is 48.5 Å². The highest BCUT2D eigenvalue weighted by atomic mass is 16.5. The van der Waals surface area contributed by atoms with Gasteiger partial charge in [0, 0.05) is 50.1 Å². The summed E-state index contributed by atoms with van der Waals surface area (Å²) < 4.78 is 5.51. The minimum Gasteiger partial charge on any atom is -0.493 e. The Morgan fingerprint density at radius 1 is 1.11 bits per heavy atom. The van der Waals surface area contributed by atoms with Crippen molar-refractivity contribution in [3.05, 3.63) is 29.3 Å². The summed E-state index contributed by atoms with van der Waals surface area (Å²) in [6.07, 6.45) is 4.37. The number of nitrogens with one attached hydrogen (secondary N) is 1. The quantitative estimate of drug-likeness (QED) is 0.862. The van der Waals surface area contributed by atoms with Crippen LogP contribution < -0.4 is 10.1 Å². The predicted octanol–water partition coefficient (Wildman–Crippen LogP) is 2.07. The van der Waals surface area contributed by atoms with Crippen molar-refractivity contribution in [2.24, 2.45) is 5.92 Å². The van der Waals surface area contributed by atoms with Gasteiger partial charge in [-0.3, -0.25) is 9.59 Å². The summed E-state index contributed by atoms with van der Waals surface area (Å²) in [4.78, 5) is 29.9. The molecule has 1 aromatic rings. The van der Waals surface area contributed by atoms with Crippen molar-refractivity contribution < 1.29 is 14.3 Å². The summed E-state index contributed by atoms with van der Waals surface area (Å²) in [7, 11) is 0. The van der Waals surface area contributed by atoms with Crippen molar-refractivity contribution in [1.29, 1.82) is 0 Å². The van der Waals surface area contributed by atoms with Crippen LogP contribution in [0.3, 0.4) is 0 Å². The summed E-state index contributed by atoms with van der Waals surface area (Å²) in [5, 5.41) is 3.17. The van der Waals surface area contributed by atoms with Crippen LogP contribution in [0.5, 0.6) is 5.75 Å². The SMILES string of the molecule is CCN1CCN(C(=O)C2CCC(NC(=O)c3ccc4c(c3)CCO4)CC2)CC1. The van der Waals surface area contributed by atoms with Gasteiger partial charge in [-0.2, -0.15) is 0 Å². The van der Waals surface area contributed by atoms with Crippen LogP contribution in [0, 0.1) is 5.92 Å². The molecule has 1 aromatic carbocycles. The molecule has 1 N–H and O–H groups in total. The maximum atomic E-state index is 12.8. The zero-order valence-corrected chi connectivity index (χ0v) is 16.8. The number of carbonyl (C=O) groups is 2. The lowest BCUT2D eigenvalue weighted by atomic mass is 9.85. The van der Waals surface area contributed by atoms with E-state index in [9.17, 15) is 9.59 Å². The minimum absolute atomic E-state index is 0.0137. The number of ether oxygens (including phenoxy) is 1. The molecule has 1 saturated carbocycles. The highest BCUT2D eigenvalue weighted by molar-refractivity contribution is 5.94. The van der Waals surface area contributed by atoms with Crippen molar-refractivity contribution >= 4 is 11.8 Å². The average Bonchev–Trinajstić information content (AvgIpc) is 3.22. The topological polar surface area (TPSA) is 61.9 Å². The molecule has 6 heteroatoms. The number of piperazine rings is 1. The number of likely N-dealkylation sites (N-methyl/N-ethyl adjacent to an activating group) is 1. The Labute approximate surface area is 167 Å². The zero-order chi connectivity index (χ0) is 19.5. The fourth-order valence-corrected chi connectivity index (χ4v) is 4.62. The van der Waals surface area contributed by atoms with Gasteiger partial charge in [-0.1, -0.05) is 6.92 Å². The molecule has 0 aromatic heterocycles. The van der Waals surface area contributed by atoms with E-state index in [1.54, 1.807) is 0 Å². The molecule has 6 nitrogen and oxygen atoms in total. The molecule has 1 aliphatic carbocycles. The summed E-state index contributed by atoms with van der Waals surface area (Å²) in [6.45, 7) is 7.61. The van der Waals surface area contributed by atoms with Gasteiger partial charge in [0.25, 0.3) is 5.91 Å². The van der Waals surface area contributed by atoms with Gasteiger partial charge in [0.2, 0.25) is 5.91 Å². The lowest BCUT2D eigenvalue weighted by Crippen LogP contribution is -2.51. The minimum atomic E-state index is -0.0137. The zero-order valence-electron chi connectivity index (χ0n) is 16.8. The highest BCUT2D eigenvalue weighted by Gasteiger charge is 2.31. The van der Waals surface area contributed by atoms with Crippen molar-refractivity contribution in [1.82, 2.24) is 15.1 Å². The van der Waals surface area contributed by atoms with Crippen molar-refractivity contribution in [3.63, 3.8) is 0 Å². The highest BCUT2D eigenvalue weighted by Crippen LogP contribution is 2.28. The Bertz CT molecular complexity index is 720. The smallest absolute Gasteiger partial charge is 0.251 e. The molecule has 2 amide bonds. The summed E-state index contributed by atoms with van der Waals surface area (Å²) in [5.41, 5.74) is 1.82. The molecule has 0 spiro atoms. The first-order valence-electron chi connectivity index (χ1n) is 10.7. The summed E-state index contributed by atoms with van der Waals surface area (Å²) in [6, 6.07) is 5.84. The largest absolute Gasteiger partial charge is 0.493 e. The Balaban J connectivity index is 1.25. The second-order valence-corrected chi connectivity index (χ2v) is 8.20. The fraction of sp³-hybridized carbons (Fsp3) is 0.636. The van der Waals surface area contributed by atoms with E-state index in [0.29, 0.717) is 18.1 Å². The number of carbonyl (C=O) groups excluding carboxylic acids is 2. The van der Waals surface area contributed by atoms with Crippen LogP contribution in [0.4, 0.5) is 0 Å². The molecule has 0 unspecified atom stereocenters. The summed E-state index contributed by atoms with van der Waals surface area (Å²) in [5.74, 6) is 1.33. The van der Waals surface area contributed by atoms with Gasteiger partial charge in [0.1, 0.15) is 5.75 Å². The number of amides is 2. The molecule has 0 radical (unpaired) electrons. The summed E-state index contributed by atoms with van der Waals surface area (Å²) >= 11 is 0. The Morgan fingerprint density at radius 2 is 1.86 bits per heavy atom. The van der Waals surface area contributed by atoms with Crippen LogP contribution >= 0.6 is 0 Å². The van der Waals surface area contributed by atoms with Gasteiger partial charge in [-0.25, -0.2) is 0 Å². The van der Waals surface area contributed by atoms with Gasteiger partial charge in [0.05, 0.1) is 6.61 Å². The van der Waals surface area contributed by atoms with Crippen LogP contribution in [0.15, 0.2) is 18.2 Å². The Hall–Kier alpha value is -2.08. The molecular formula is C22H31N3O3. The van der Waals surface area contributed by atoms with Crippen LogP contribution in [-0.4, -0.2) is 67.0 Å². The number of nitrogens with zero attached hydrogens (tertiary/aromatic N) is 2. The number of hydrogen-bond donors (Lipinski definition) is 1. The molecule has 3 aliphatic rings. The molecule has 1 saturated heterocycles. The molecule has 4 rings (SSSR count). The normalized spacial score (nSPS) is 25.1. The van der Waals surface area contributed by atoms with E-state index in [1.165, 1.54) is 0 Å². The molecular weight excluding hydrogens is 354 g/mol. The lowest BCUT2D eigenvalue weighted by molar-refractivity contribution is -0.138. The van der Waals surface area contributed by atoms with Crippen molar-refractivity contribution in [2.45, 2.75) is 45.1 Å². The first-order valence-corrected chi connectivity index (χ1v) is 10.7. The molecule has 152 valence electrons. The Morgan fingerprint density at radius 3 is 2.57 bits per heavy atom. The van der Waals surface area contributed by atoms with Crippen molar-refractivity contribution in [2.75, 3.05) is 39.3 Å². The number of hydrogen-bond acceptors (Lipinski definition) is 4. The molecule has 0 atom stereocenters. The van der Waals surface area contributed by atoms with Gasteiger partial charge in [0.15, 0.2) is 0 Å². The van der Waals surface area contributed by atoms with Crippen LogP contribution in [0.2, 0.25) is 0 Å². The third kappa shape index (κ3) is 4.17. The van der Waals surface area contributed by atoms with Crippen LogP contribution in [-0.2, 0) is 11.2 Å². The van der Waals surface area contributed by atoms with E-state index in [2.05, 4.69) is 17.1 Å². The van der Waals surface area contributed by atoms with Crippen molar-refractivity contribution in [3.8, 4) is 5.75 Å². The maximum Gasteiger partial charge on any atom is 0.251 e. The number of benzene rings is 1. The van der Waals surface area contributed by atoms with E-state index >= 15 is 0 Å². The number of fused-ring (bicyclic) bond motifs is 1. The fourth-order valence-electron chi connectivity index (χ4n) is 4.62. The molecule has 0 bridgehead atoms. The lowest BCUT2D eigenvalue weighted by Gasteiger charge is -2.37. The van der Waals surface area contributed by atoms with Gasteiger partial charge >= 0.3 is 0 Å². The number of rotatable bonds is 4. The standard InChI is InChI=1S/C22H31N3O3/c1-2-24-10-12-25(13-11-24)22(27)16-3-6-19(7-4-16)23-21(26)18-5-8-20-17(15-18)9-14-28-20/h5,8,15-16,19H,2-4,6-7,9-14H2,1H3,(H,23,26). The van der Waals surface area contributed by atoms with E-state index < -0.39 is 0 Å². The second kappa shape index (κ2) is 8.52. The molecule has 2 fully saturated rings. The molecule has 28 heavy (non-hydrogen) atoms. The third-order valence-corrected chi connectivity index (χ3v) is 6.49. The van der Waals surface area contributed by atoms with E-state index in [0.717, 1.165) is 76.1 Å². The average molecular weight is 386 g/mol. The monoisotopic (exact) mass is 385 g/mol. The van der Waals surface area contributed by atoms with Gasteiger partial charge < -0.3 is 19.9 Å². The predicted molar refractivity (Wildman–Crippen MR) is 108 cm³/mol. The van der Waals surface area contributed by atoms with E-state index in [4.69, 9.17) is 4.74 Å². The maximum absolute atomic E-state index is 12.8. The molecule has 2 heterocycles. The van der Waals surface area contributed by atoms with E-state index in [1.807, 2.05) is 23.1 Å². The molecule has 2 aliphatic heterocycles. The van der Waals surface area contributed by atoms with Gasteiger partial charge in [-0.05, 0) is 56.0 Å². The third-order valence-electron chi connectivity index (χ3n) is 6.49. The first-order chi connectivity index (χ1) is 13.6.